The van der Waals surface area contributed by atoms with Crippen molar-refractivity contribution in [3.63, 3.8) is 0 Å². The minimum atomic E-state index is 0.753. The van der Waals surface area contributed by atoms with Gasteiger partial charge in [0.15, 0.2) is 0 Å². The van der Waals surface area contributed by atoms with Gasteiger partial charge in [-0.15, -0.1) is 0 Å². The average Bonchev–Trinajstić information content (AvgIpc) is 1.84. The summed E-state index contributed by atoms with van der Waals surface area (Å²) in [6.07, 6.45) is 7.23. The Morgan fingerprint density at radius 2 is 1.50 bits per heavy atom. The summed E-state index contributed by atoms with van der Waals surface area (Å²) in [5.41, 5.74) is 0. The third-order valence-corrected chi connectivity index (χ3v) is 1.92. The molecule has 0 heterocycles. The molecule has 0 aromatic heterocycles. The Labute approximate surface area is 78.1 Å². The highest BCUT2D eigenvalue weighted by Gasteiger charge is 2.00. The zero-order valence-corrected chi connectivity index (χ0v) is 9.30. The molecular weight excluding hydrogens is 144 g/mol. The van der Waals surface area contributed by atoms with E-state index in [1.165, 1.54) is 12.8 Å². The number of hydrogen-bond acceptors (Lipinski definition) is 0. The van der Waals surface area contributed by atoms with Crippen LogP contribution in [-0.2, 0) is 0 Å². The standard InChI is InChI=1S/C12H24/c1-10(2)7-6-8-12(5)9-11(3)4/h6,8,10-12H,7,9H2,1-5H3/b8-6+. The van der Waals surface area contributed by atoms with E-state index in [0.717, 1.165) is 17.8 Å². The molecule has 0 spiro atoms. The summed E-state index contributed by atoms with van der Waals surface area (Å²) in [5, 5.41) is 0. The van der Waals surface area contributed by atoms with E-state index in [0.29, 0.717) is 0 Å². The SMILES string of the molecule is CC(C)C/C=C/C(C)CC(C)C. The van der Waals surface area contributed by atoms with Crippen LogP contribution in [0.4, 0.5) is 0 Å². The lowest BCUT2D eigenvalue weighted by Gasteiger charge is -2.08. The van der Waals surface area contributed by atoms with E-state index in [1.807, 2.05) is 0 Å². The monoisotopic (exact) mass is 168 g/mol. The first-order valence-electron chi connectivity index (χ1n) is 5.19. The summed E-state index contributed by atoms with van der Waals surface area (Å²) in [4.78, 5) is 0. The Kier molecular flexibility index (Phi) is 6.14. The normalized spacial score (nSPS) is 14.9. The minimum absolute atomic E-state index is 0.753. The third-order valence-electron chi connectivity index (χ3n) is 1.92. The highest BCUT2D eigenvalue weighted by Crippen LogP contribution is 2.13. The summed E-state index contributed by atoms with van der Waals surface area (Å²) >= 11 is 0. The van der Waals surface area contributed by atoms with Crippen LogP contribution in [0.25, 0.3) is 0 Å². The molecular formula is C12H24. The van der Waals surface area contributed by atoms with Gasteiger partial charge in [-0.2, -0.15) is 0 Å². The zero-order chi connectivity index (χ0) is 9.56. The topological polar surface area (TPSA) is 0 Å². The molecule has 0 saturated heterocycles. The summed E-state index contributed by atoms with van der Waals surface area (Å²) in [6, 6.07) is 0. The van der Waals surface area contributed by atoms with Crippen LogP contribution in [0, 0.1) is 17.8 Å². The average molecular weight is 168 g/mol. The maximum atomic E-state index is 2.36. The zero-order valence-electron chi connectivity index (χ0n) is 9.30. The molecule has 1 unspecified atom stereocenters. The molecule has 0 aliphatic rings. The van der Waals surface area contributed by atoms with Crippen molar-refractivity contribution < 1.29 is 0 Å². The van der Waals surface area contributed by atoms with Gasteiger partial charge in [-0.05, 0) is 30.6 Å². The second kappa shape index (κ2) is 6.28. The van der Waals surface area contributed by atoms with Crippen LogP contribution >= 0.6 is 0 Å². The lowest BCUT2D eigenvalue weighted by Crippen LogP contribution is -1.96. The molecule has 0 aromatic rings. The molecule has 0 aliphatic carbocycles. The van der Waals surface area contributed by atoms with Crippen molar-refractivity contribution in [3.05, 3.63) is 12.2 Å². The Bertz CT molecular complexity index is 120. The predicted molar refractivity (Wildman–Crippen MR) is 57.2 cm³/mol. The smallest absolute Gasteiger partial charge is 0.0260 e. The minimum Gasteiger partial charge on any atom is -0.0880 e. The van der Waals surface area contributed by atoms with Crippen molar-refractivity contribution in [1.82, 2.24) is 0 Å². The van der Waals surface area contributed by atoms with Gasteiger partial charge in [0.25, 0.3) is 0 Å². The van der Waals surface area contributed by atoms with Crippen LogP contribution in [-0.4, -0.2) is 0 Å². The van der Waals surface area contributed by atoms with Crippen molar-refractivity contribution in [2.45, 2.75) is 47.5 Å². The van der Waals surface area contributed by atoms with Gasteiger partial charge in [0.1, 0.15) is 0 Å². The van der Waals surface area contributed by atoms with Crippen molar-refractivity contribution in [1.29, 1.82) is 0 Å². The second-order valence-corrected chi connectivity index (χ2v) is 4.66. The summed E-state index contributed by atoms with van der Waals surface area (Å²) in [6.45, 7) is 11.4. The molecule has 0 aliphatic heterocycles. The van der Waals surface area contributed by atoms with E-state index in [9.17, 15) is 0 Å². The molecule has 0 saturated carbocycles. The van der Waals surface area contributed by atoms with Gasteiger partial charge in [-0.3, -0.25) is 0 Å². The molecule has 0 N–H and O–H groups in total. The van der Waals surface area contributed by atoms with E-state index >= 15 is 0 Å². The molecule has 0 fully saturated rings. The van der Waals surface area contributed by atoms with Crippen LogP contribution < -0.4 is 0 Å². The Morgan fingerprint density at radius 3 is 1.92 bits per heavy atom. The van der Waals surface area contributed by atoms with E-state index in [2.05, 4.69) is 46.8 Å². The van der Waals surface area contributed by atoms with E-state index in [-0.39, 0.29) is 0 Å². The highest BCUT2D eigenvalue weighted by atomic mass is 14.1. The maximum absolute atomic E-state index is 2.36. The van der Waals surface area contributed by atoms with Crippen molar-refractivity contribution in [2.75, 3.05) is 0 Å². The predicted octanol–water partition coefficient (Wildman–Crippen LogP) is 4.27. The van der Waals surface area contributed by atoms with Gasteiger partial charge in [0.2, 0.25) is 0 Å². The maximum Gasteiger partial charge on any atom is -0.0260 e. The second-order valence-electron chi connectivity index (χ2n) is 4.66. The fourth-order valence-electron chi connectivity index (χ4n) is 1.41. The molecule has 0 amide bonds. The first-order valence-corrected chi connectivity index (χ1v) is 5.19. The van der Waals surface area contributed by atoms with Crippen LogP contribution in [0.3, 0.4) is 0 Å². The molecule has 72 valence electrons. The van der Waals surface area contributed by atoms with E-state index in [4.69, 9.17) is 0 Å². The quantitative estimate of drug-likeness (QED) is 0.538. The van der Waals surface area contributed by atoms with Gasteiger partial charge in [0.05, 0.1) is 0 Å². The van der Waals surface area contributed by atoms with Gasteiger partial charge in [-0.25, -0.2) is 0 Å². The third kappa shape index (κ3) is 7.84. The highest BCUT2D eigenvalue weighted by molar-refractivity contribution is 4.87. The molecule has 0 heteroatoms. The van der Waals surface area contributed by atoms with Crippen LogP contribution in [0.15, 0.2) is 12.2 Å². The van der Waals surface area contributed by atoms with Crippen LogP contribution in [0.5, 0.6) is 0 Å². The first-order chi connectivity index (χ1) is 5.52. The fraction of sp³-hybridized carbons (Fsp3) is 0.833. The molecule has 0 nitrogen and oxygen atoms in total. The van der Waals surface area contributed by atoms with Crippen molar-refractivity contribution in [3.8, 4) is 0 Å². The Morgan fingerprint density at radius 1 is 0.917 bits per heavy atom. The molecule has 1 atom stereocenters. The van der Waals surface area contributed by atoms with Gasteiger partial charge >= 0.3 is 0 Å². The van der Waals surface area contributed by atoms with E-state index in [1.54, 1.807) is 0 Å². The molecule has 0 radical (unpaired) electrons. The largest absolute Gasteiger partial charge is 0.0880 e. The Hall–Kier alpha value is -0.260. The summed E-state index contributed by atoms with van der Waals surface area (Å²) in [5.74, 6) is 2.37. The number of rotatable bonds is 5. The fourth-order valence-corrected chi connectivity index (χ4v) is 1.41. The van der Waals surface area contributed by atoms with Crippen LogP contribution in [0.2, 0.25) is 0 Å². The Balaban J connectivity index is 3.53. The number of allylic oxidation sites excluding steroid dienone is 2. The molecule has 12 heavy (non-hydrogen) atoms. The number of hydrogen-bond donors (Lipinski definition) is 0. The molecule has 0 rings (SSSR count). The summed E-state index contributed by atoms with van der Waals surface area (Å²) < 4.78 is 0. The van der Waals surface area contributed by atoms with E-state index < -0.39 is 0 Å². The van der Waals surface area contributed by atoms with Gasteiger partial charge in [0, 0.05) is 0 Å². The first kappa shape index (κ1) is 11.7. The van der Waals surface area contributed by atoms with Gasteiger partial charge in [-0.1, -0.05) is 46.8 Å². The lowest BCUT2D eigenvalue weighted by molar-refractivity contribution is 0.501. The summed E-state index contributed by atoms with van der Waals surface area (Å²) in [7, 11) is 0. The lowest BCUT2D eigenvalue weighted by atomic mass is 9.98. The van der Waals surface area contributed by atoms with Crippen molar-refractivity contribution in [2.24, 2.45) is 17.8 Å². The molecule has 0 aromatic carbocycles. The molecule has 0 bridgehead atoms. The van der Waals surface area contributed by atoms with Gasteiger partial charge < -0.3 is 0 Å². The van der Waals surface area contributed by atoms with Crippen molar-refractivity contribution >= 4 is 0 Å². The van der Waals surface area contributed by atoms with Crippen LogP contribution in [0.1, 0.15) is 47.5 Å².